The summed E-state index contributed by atoms with van der Waals surface area (Å²) >= 11 is 3.52. The van der Waals surface area contributed by atoms with Gasteiger partial charge in [-0.1, -0.05) is 32.0 Å². The monoisotopic (exact) mass is 420 g/mol. The van der Waals surface area contributed by atoms with Crippen LogP contribution in [0, 0.1) is 0 Å². The topological polar surface area (TPSA) is 61.5 Å². The lowest BCUT2D eigenvalue weighted by molar-refractivity contribution is 0.0613. The second-order valence-corrected chi connectivity index (χ2v) is 7.54. The van der Waals surface area contributed by atoms with E-state index in [2.05, 4.69) is 44.9 Å². The number of hydrogen-bond donors (Lipinski definition) is 1. The van der Waals surface area contributed by atoms with Gasteiger partial charge in [-0.15, -0.1) is 0 Å². The van der Waals surface area contributed by atoms with Crippen LogP contribution in [-0.4, -0.2) is 65.2 Å². The van der Waals surface area contributed by atoms with E-state index in [1.165, 1.54) is 0 Å². The van der Waals surface area contributed by atoms with Crippen molar-refractivity contribution >= 4 is 21.8 Å². The average molecular weight is 421 g/mol. The fourth-order valence-corrected chi connectivity index (χ4v) is 3.80. The highest BCUT2D eigenvalue weighted by Crippen LogP contribution is 2.26. The van der Waals surface area contributed by atoms with Crippen LogP contribution in [0.4, 0.5) is 0 Å². The number of amides is 1. The SMILES string of the molecule is CC(C)c1[nH]nc(C(=O)N2CCN(CCOc3ccccc3)CC2)c1Br. The number of benzene rings is 1. The van der Waals surface area contributed by atoms with Crippen LogP contribution in [0.1, 0.15) is 35.9 Å². The highest BCUT2D eigenvalue weighted by Gasteiger charge is 2.27. The molecular formula is C19H25BrN4O2. The minimum Gasteiger partial charge on any atom is -0.492 e. The van der Waals surface area contributed by atoms with Crippen molar-refractivity contribution in [3.8, 4) is 5.75 Å². The van der Waals surface area contributed by atoms with Gasteiger partial charge in [-0.2, -0.15) is 5.10 Å². The van der Waals surface area contributed by atoms with Gasteiger partial charge in [0.2, 0.25) is 0 Å². The number of aromatic amines is 1. The van der Waals surface area contributed by atoms with E-state index in [1.54, 1.807) is 0 Å². The molecule has 1 aliphatic rings. The number of carbonyl (C=O) groups is 1. The Labute approximate surface area is 162 Å². The third kappa shape index (κ3) is 4.45. The molecule has 0 spiro atoms. The Morgan fingerprint density at radius 3 is 2.54 bits per heavy atom. The molecule has 1 aromatic heterocycles. The van der Waals surface area contributed by atoms with Crippen LogP contribution in [-0.2, 0) is 0 Å². The summed E-state index contributed by atoms with van der Waals surface area (Å²) < 4.78 is 6.54. The number of H-pyrrole nitrogens is 1. The zero-order valence-electron chi connectivity index (χ0n) is 15.2. The Hall–Kier alpha value is -1.86. The number of ether oxygens (including phenoxy) is 1. The average Bonchev–Trinajstić information content (AvgIpc) is 3.04. The molecule has 2 heterocycles. The van der Waals surface area contributed by atoms with Gasteiger partial charge in [-0.3, -0.25) is 14.8 Å². The molecule has 1 aliphatic heterocycles. The Morgan fingerprint density at radius 1 is 1.23 bits per heavy atom. The maximum Gasteiger partial charge on any atom is 0.275 e. The largest absolute Gasteiger partial charge is 0.492 e. The van der Waals surface area contributed by atoms with Crippen LogP contribution in [0.3, 0.4) is 0 Å². The molecule has 1 N–H and O–H groups in total. The number of nitrogens with zero attached hydrogens (tertiary/aromatic N) is 3. The third-order valence-electron chi connectivity index (χ3n) is 4.59. The first-order chi connectivity index (χ1) is 12.6. The molecule has 0 radical (unpaired) electrons. The van der Waals surface area contributed by atoms with E-state index in [4.69, 9.17) is 4.74 Å². The standard InChI is InChI=1S/C19H25BrN4O2/c1-14(2)17-16(20)18(22-21-17)19(25)24-10-8-23(9-11-24)12-13-26-15-6-4-3-5-7-15/h3-7,14H,8-13H2,1-2H3,(H,21,22). The van der Waals surface area contributed by atoms with Gasteiger partial charge in [0.05, 0.1) is 10.2 Å². The van der Waals surface area contributed by atoms with Crippen molar-refractivity contribution in [1.82, 2.24) is 20.0 Å². The Morgan fingerprint density at radius 2 is 1.92 bits per heavy atom. The summed E-state index contributed by atoms with van der Waals surface area (Å²) in [6, 6.07) is 9.84. The second-order valence-electron chi connectivity index (χ2n) is 6.75. The maximum absolute atomic E-state index is 12.7. The maximum atomic E-state index is 12.7. The first kappa shape index (κ1) is 18.9. The van der Waals surface area contributed by atoms with Crippen molar-refractivity contribution in [2.24, 2.45) is 0 Å². The molecule has 7 heteroatoms. The van der Waals surface area contributed by atoms with Gasteiger partial charge in [0.25, 0.3) is 5.91 Å². The normalized spacial score (nSPS) is 15.5. The molecule has 0 saturated carbocycles. The predicted octanol–water partition coefficient (Wildman–Crippen LogP) is 3.13. The molecule has 1 aromatic carbocycles. The lowest BCUT2D eigenvalue weighted by atomic mass is 10.1. The third-order valence-corrected chi connectivity index (χ3v) is 5.39. The van der Waals surface area contributed by atoms with Gasteiger partial charge < -0.3 is 9.64 Å². The number of hydrogen-bond acceptors (Lipinski definition) is 4. The second kappa shape index (κ2) is 8.68. The van der Waals surface area contributed by atoms with Gasteiger partial charge in [0.1, 0.15) is 12.4 Å². The summed E-state index contributed by atoms with van der Waals surface area (Å²) in [5.41, 5.74) is 1.44. The van der Waals surface area contributed by atoms with Crippen LogP contribution in [0.5, 0.6) is 5.75 Å². The van der Waals surface area contributed by atoms with Gasteiger partial charge in [0.15, 0.2) is 5.69 Å². The van der Waals surface area contributed by atoms with E-state index in [0.29, 0.717) is 31.3 Å². The van der Waals surface area contributed by atoms with Crippen molar-refractivity contribution in [3.05, 3.63) is 46.2 Å². The van der Waals surface area contributed by atoms with Gasteiger partial charge in [-0.25, -0.2) is 0 Å². The number of piperazine rings is 1. The lowest BCUT2D eigenvalue weighted by Crippen LogP contribution is -2.49. The molecule has 26 heavy (non-hydrogen) atoms. The molecule has 3 rings (SSSR count). The zero-order chi connectivity index (χ0) is 18.5. The van der Waals surface area contributed by atoms with E-state index in [1.807, 2.05) is 35.2 Å². The van der Waals surface area contributed by atoms with E-state index in [-0.39, 0.29) is 5.91 Å². The Bertz CT molecular complexity index is 724. The zero-order valence-corrected chi connectivity index (χ0v) is 16.8. The quantitative estimate of drug-likeness (QED) is 0.779. The van der Waals surface area contributed by atoms with E-state index in [0.717, 1.165) is 35.6 Å². The number of para-hydroxylation sites is 1. The molecular weight excluding hydrogens is 396 g/mol. The smallest absolute Gasteiger partial charge is 0.275 e. The molecule has 0 atom stereocenters. The first-order valence-electron chi connectivity index (χ1n) is 8.99. The van der Waals surface area contributed by atoms with Crippen molar-refractivity contribution in [2.45, 2.75) is 19.8 Å². The van der Waals surface area contributed by atoms with Crippen LogP contribution in [0.2, 0.25) is 0 Å². The summed E-state index contributed by atoms with van der Waals surface area (Å²) in [4.78, 5) is 16.9. The molecule has 1 saturated heterocycles. The molecule has 2 aromatic rings. The molecule has 0 bridgehead atoms. The van der Waals surface area contributed by atoms with Gasteiger partial charge >= 0.3 is 0 Å². The summed E-state index contributed by atoms with van der Waals surface area (Å²) in [6.07, 6.45) is 0. The van der Waals surface area contributed by atoms with Gasteiger partial charge in [0, 0.05) is 32.7 Å². The van der Waals surface area contributed by atoms with E-state index in [9.17, 15) is 4.79 Å². The summed E-state index contributed by atoms with van der Waals surface area (Å²) in [7, 11) is 0. The summed E-state index contributed by atoms with van der Waals surface area (Å²) in [5, 5.41) is 7.19. The molecule has 0 aliphatic carbocycles. The van der Waals surface area contributed by atoms with Crippen LogP contribution >= 0.6 is 15.9 Å². The summed E-state index contributed by atoms with van der Waals surface area (Å²) in [6.45, 7) is 8.78. The van der Waals surface area contributed by atoms with Crippen molar-refractivity contribution < 1.29 is 9.53 Å². The Balaban J connectivity index is 1.46. The van der Waals surface area contributed by atoms with Crippen LogP contribution in [0.25, 0.3) is 0 Å². The molecule has 1 amide bonds. The van der Waals surface area contributed by atoms with Crippen LogP contribution in [0.15, 0.2) is 34.8 Å². The highest BCUT2D eigenvalue weighted by atomic mass is 79.9. The lowest BCUT2D eigenvalue weighted by Gasteiger charge is -2.34. The molecule has 1 fully saturated rings. The fraction of sp³-hybridized carbons (Fsp3) is 0.474. The van der Waals surface area contributed by atoms with E-state index < -0.39 is 0 Å². The Kier molecular flexibility index (Phi) is 6.32. The van der Waals surface area contributed by atoms with Gasteiger partial charge in [-0.05, 0) is 34.0 Å². The van der Waals surface area contributed by atoms with Crippen molar-refractivity contribution in [1.29, 1.82) is 0 Å². The number of aromatic nitrogens is 2. The first-order valence-corrected chi connectivity index (χ1v) is 9.78. The highest BCUT2D eigenvalue weighted by molar-refractivity contribution is 9.10. The van der Waals surface area contributed by atoms with Crippen LogP contribution < -0.4 is 4.74 Å². The number of carbonyl (C=O) groups excluding carboxylic acids is 1. The number of rotatable bonds is 6. The molecule has 6 nitrogen and oxygen atoms in total. The number of halogens is 1. The number of nitrogens with one attached hydrogen (secondary N) is 1. The predicted molar refractivity (Wildman–Crippen MR) is 105 cm³/mol. The fourth-order valence-electron chi connectivity index (χ4n) is 3.00. The molecule has 0 unspecified atom stereocenters. The van der Waals surface area contributed by atoms with Crippen molar-refractivity contribution in [2.75, 3.05) is 39.3 Å². The van der Waals surface area contributed by atoms with E-state index >= 15 is 0 Å². The molecule has 140 valence electrons. The minimum atomic E-state index is -0.0137. The van der Waals surface area contributed by atoms with Crippen molar-refractivity contribution in [3.63, 3.8) is 0 Å². The minimum absolute atomic E-state index is 0.0137. The summed E-state index contributed by atoms with van der Waals surface area (Å²) in [5.74, 6) is 1.17.